The third-order valence-corrected chi connectivity index (χ3v) is 6.97. The Morgan fingerprint density at radius 3 is 2.40 bits per heavy atom. The highest BCUT2D eigenvalue weighted by Crippen LogP contribution is 2.21. The normalized spacial score (nSPS) is 16.1. The van der Waals surface area contributed by atoms with Gasteiger partial charge in [-0.15, -0.1) is 0 Å². The second-order valence-electron chi connectivity index (χ2n) is 7.16. The molecule has 0 saturated carbocycles. The lowest BCUT2D eigenvalue weighted by Crippen LogP contribution is -2.48. The molecule has 1 aliphatic rings. The number of benzene rings is 1. The Labute approximate surface area is 175 Å². The number of hydrogen-bond donors (Lipinski definition) is 0. The van der Waals surface area contributed by atoms with Gasteiger partial charge in [0.1, 0.15) is 11.6 Å². The van der Waals surface area contributed by atoms with Gasteiger partial charge < -0.3 is 13.8 Å². The van der Waals surface area contributed by atoms with E-state index in [0.717, 1.165) is 11.3 Å². The summed E-state index contributed by atoms with van der Waals surface area (Å²) in [5.74, 6) is 2.43. The molecule has 30 heavy (non-hydrogen) atoms. The molecule has 0 atom stereocenters. The Kier molecular flexibility index (Phi) is 5.58. The van der Waals surface area contributed by atoms with Crippen molar-refractivity contribution in [1.29, 1.82) is 0 Å². The van der Waals surface area contributed by atoms with Gasteiger partial charge in [-0.25, -0.2) is 13.4 Å². The summed E-state index contributed by atoms with van der Waals surface area (Å²) in [5.41, 5.74) is 0.840. The molecule has 0 bridgehead atoms. The number of rotatable bonds is 6. The zero-order valence-corrected chi connectivity index (χ0v) is 18.0. The quantitative estimate of drug-likeness (QED) is 0.574. The van der Waals surface area contributed by atoms with Gasteiger partial charge in [0.25, 0.3) is 10.0 Å². The van der Waals surface area contributed by atoms with Crippen molar-refractivity contribution in [2.75, 3.05) is 33.3 Å². The van der Waals surface area contributed by atoms with E-state index in [-0.39, 0.29) is 5.03 Å². The zero-order chi connectivity index (χ0) is 21.3. The minimum Gasteiger partial charge on any atom is -0.497 e. The molecule has 0 N–H and O–H groups in total. The summed E-state index contributed by atoms with van der Waals surface area (Å²) >= 11 is 0. The molecule has 2 aromatic heterocycles. The van der Waals surface area contributed by atoms with Gasteiger partial charge in [-0.2, -0.15) is 9.29 Å². The molecule has 11 heteroatoms. The van der Waals surface area contributed by atoms with Crippen LogP contribution in [0.25, 0.3) is 11.4 Å². The number of hydrogen-bond acceptors (Lipinski definition) is 8. The monoisotopic (exact) mass is 432 g/mol. The van der Waals surface area contributed by atoms with Crippen molar-refractivity contribution < 1.29 is 17.7 Å². The van der Waals surface area contributed by atoms with Crippen LogP contribution in [0.3, 0.4) is 0 Å². The van der Waals surface area contributed by atoms with Crippen LogP contribution in [0.1, 0.15) is 11.7 Å². The van der Waals surface area contributed by atoms with Gasteiger partial charge in [0, 0.05) is 45.0 Å². The van der Waals surface area contributed by atoms with Crippen LogP contribution in [-0.2, 0) is 23.6 Å². The average Bonchev–Trinajstić information content (AvgIpc) is 3.35. The number of methoxy groups -OCH3 is 1. The molecule has 0 aliphatic carbocycles. The maximum absolute atomic E-state index is 12.8. The van der Waals surface area contributed by atoms with Crippen molar-refractivity contribution >= 4 is 10.0 Å². The lowest BCUT2D eigenvalue weighted by Gasteiger charge is -2.32. The van der Waals surface area contributed by atoms with Gasteiger partial charge in [-0.3, -0.25) is 4.90 Å². The first kappa shape index (κ1) is 20.5. The first-order valence-corrected chi connectivity index (χ1v) is 11.0. The van der Waals surface area contributed by atoms with Crippen LogP contribution in [0.4, 0.5) is 0 Å². The first-order valence-electron chi connectivity index (χ1n) is 9.56. The maximum atomic E-state index is 12.8. The van der Waals surface area contributed by atoms with E-state index in [2.05, 4.69) is 20.0 Å². The van der Waals surface area contributed by atoms with E-state index in [0.29, 0.717) is 50.3 Å². The molecule has 1 saturated heterocycles. The van der Waals surface area contributed by atoms with Crippen LogP contribution in [0.15, 0.2) is 40.0 Å². The molecule has 1 aliphatic heterocycles. The van der Waals surface area contributed by atoms with Crippen molar-refractivity contribution in [2.45, 2.75) is 18.5 Å². The van der Waals surface area contributed by atoms with Crippen LogP contribution < -0.4 is 4.74 Å². The van der Waals surface area contributed by atoms with Crippen molar-refractivity contribution in [2.24, 2.45) is 7.05 Å². The predicted molar refractivity (Wildman–Crippen MR) is 108 cm³/mol. The molecular formula is C19H24N6O4S. The number of aromatic nitrogens is 4. The van der Waals surface area contributed by atoms with Gasteiger partial charge in [0.15, 0.2) is 5.03 Å². The van der Waals surface area contributed by atoms with E-state index in [9.17, 15) is 8.42 Å². The number of aryl methyl sites for hydroxylation is 2. The highest BCUT2D eigenvalue weighted by molar-refractivity contribution is 7.89. The molecule has 0 spiro atoms. The smallest absolute Gasteiger partial charge is 0.262 e. The third kappa shape index (κ3) is 4.09. The lowest BCUT2D eigenvalue weighted by molar-refractivity contribution is 0.163. The molecule has 0 unspecified atom stereocenters. The highest BCUT2D eigenvalue weighted by atomic mass is 32.2. The fourth-order valence-electron chi connectivity index (χ4n) is 3.28. The highest BCUT2D eigenvalue weighted by Gasteiger charge is 2.31. The van der Waals surface area contributed by atoms with E-state index in [1.165, 1.54) is 4.31 Å². The lowest BCUT2D eigenvalue weighted by atomic mass is 10.2. The zero-order valence-electron chi connectivity index (χ0n) is 17.1. The van der Waals surface area contributed by atoms with Gasteiger partial charge >= 0.3 is 0 Å². The Hall–Kier alpha value is -2.76. The first-order chi connectivity index (χ1) is 14.4. The van der Waals surface area contributed by atoms with E-state index >= 15 is 0 Å². The third-order valence-electron chi connectivity index (χ3n) is 5.20. The summed E-state index contributed by atoms with van der Waals surface area (Å²) in [6, 6.07) is 7.43. The summed E-state index contributed by atoms with van der Waals surface area (Å²) in [5, 5.41) is 4.14. The summed E-state index contributed by atoms with van der Waals surface area (Å²) in [6.45, 7) is 4.17. The van der Waals surface area contributed by atoms with E-state index < -0.39 is 10.0 Å². The average molecular weight is 433 g/mol. The number of piperazine rings is 1. The van der Waals surface area contributed by atoms with Crippen LogP contribution in [-0.4, -0.2) is 70.6 Å². The van der Waals surface area contributed by atoms with Gasteiger partial charge in [0.05, 0.1) is 13.7 Å². The molecule has 160 valence electrons. The topological polar surface area (TPSA) is 107 Å². The molecule has 1 fully saturated rings. The molecular weight excluding hydrogens is 408 g/mol. The van der Waals surface area contributed by atoms with Crippen molar-refractivity contribution in [1.82, 2.24) is 28.9 Å². The molecule has 0 radical (unpaired) electrons. The van der Waals surface area contributed by atoms with Gasteiger partial charge in [0.2, 0.25) is 11.7 Å². The SMILES string of the molecule is COc1ccc(-c2noc(CN3CCN(S(=O)(=O)c4cn(C)c(C)n4)CC3)n2)cc1. The number of imidazole rings is 1. The fraction of sp³-hybridized carbons (Fsp3) is 0.421. The standard InChI is InChI=1S/C19H24N6O4S/c1-14-20-18(13-23(14)2)30(26,27)25-10-8-24(9-11-25)12-17-21-19(22-29-17)15-4-6-16(28-3)7-5-15/h4-7,13H,8-12H2,1-3H3. The van der Waals surface area contributed by atoms with Crippen molar-refractivity contribution in [3.8, 4) is 17.1 Å². The van der Waals surface area contributed by atoms with E-state index in [1.807, 2.05) is 24.3 Å². The number of ether oxygens (including phenoxy) is 1. The Bertz CT molecular complexity index is 1090. The molecule has 10 nitrogen and oxygen atoms in total. The molecule has 4 rings (SSSR count). The predicted octanol–water partition coefficient (Wildman–Crippen LogP) is 1.29. The second kappa shape index (κ2) is 8.17. The summed E-state index contributed by atoms with van der Waals surface area (Å²) < 4.78 is 39.3. The largest absolute Gasteiger partial charge is 0.497 e. The summed E-state index contributed by atoms with van der Waals surface area (Å²) in [4.78, 5) is 10.7. The van der Waals surface area contributed by atoms with Crippen LogP contribution >= 0.6 is 0 Å². The van der Waals surface area contributed by atoms with Crippen LogP contribution in [0, 0.1) is 6.92 Å². The fourth-order valence-corrected chi connectivity index (χ4v) is 4.73. The van der Waals surface area contributed by atoms with Crippen LogP contribution in [0.5, 0.6) is 5.75 Å². The van der Waals surface area contributed by atoms with Crippen molar-refractivity contribution in [3.63, 3.8) is 0 Å². The molecule has 0 amide bonds. The minimum absolute atomic E-state index is 0.0944. The van der Waals surface area contributed by atoms with Gasteiger partial charge in [-0.1, -0.05) is 5.16 Å². The minimum atomic E-state index is -3.58. The molecule has 1 aromatic carbocycles. The van der Waals surface area contributed by atoms with Crippen LogP contribution in [0.2, 0.25) is 0 Å². The summed E-state index contributed by atoms with van der Waals surface area (Å²) in [7, 11) is -0.188. The number of sulfonamides is 1. The number of nitrogens with zero attached hydrogens (tertiary/aromatic N) is 6. The maximum Gasteiger partial charge on any atom is 0.262 e. The molecule has 3 aromatic rings. The van der Waals surface area contributed by atoms with E-state index in [1.54, 1.807) is 31.8 Å². The Balaban J connectivity index is 1.36. The Morgan fingerprint density at radius 2 is 1.80 bits per heavy atom. The summed E-state index contributed by atoms with van der Waals surface area (Å²) in [6.07, 6.45) is 1.55. The van der Waals surface area contributed by atoms with Gasteiger partial charge in [-0.05, 0) is 31.2 Å². The van der Waals surface area contributed by atoms with Crippen molar-refractivity contribution in [3.05, 3.63) is 42.2 Å². The van der Waals surface area contributed by atoms with E-state index in [4.69, 9.17) is 9.26 Å². The Morgan fingerprint density at radius 1 is 1.10 bits per heavy atom. The second-order valence-corrected chi connectivity index (χ2v) is 9.04. The molecule has 3 heterocycles.